The molecule has 3 heterocycles. The second kappa shape index (κ2) is 8.09. The molecule has 1 N–H and O–H groups in total. The lowest BCUT2D eigenvalue weighted by atomic mass is 10.2. The zero-order valence-corrected chi connectivity index (χ0v) is 17.1. The van der Waals surface area contributed by atoms with Crippen molar-refractivity contribution in [3.05, 3.63) is 71.2 Å². The summed E-state index contributed by atoms with van der Waals surface area (Å²) in [5.74, 6) is 0.801. The molecule has 0 aliphatic carbocycles. The van der Waals surface area contributed by atoms with Crippen molar-refractivity contribution < 1.29 is 9.53 Å². The van der Waals surface area contributed by atoms with E-state index in [1.54, 1.807) is 0 Å². The van der Waals surface area contributed by atoms with Crippen LogP contribution in [0.5, 0.6) is 0 Å². The molecular formula is C23H26N4O2. The molecule has 6 nitrogen and oxygen atoms in total. The van der Waals surface area contributed by atoms with E-state index in [-0.39, 0.29) is 5.91 Å². The molecule has 0 atom stereocenters. The van der Waals surface area contributed by atoms with Gasteiger partial charge in [0.25, 0.3) is 5.91 Å². The number of amides is 1. The van der Waals surface area contributed by atoms with Gasteiger partial charge in [-0.2, -0.15) is 0 Å². The molecule has 1 amide bonds. The number of nitrogens with one attached hydrogen (secondary N) is 1. The van der Waals surface area contributed by atoms with Gasteiger partial charge in [0.05, 0.1) is 30.2 Å². The lowest BCUT2D eigenvalue weighted by Crippen LogP contribution is -2.36. The van der Waals surface area contributed by atoms with Crippen LogP contribution in [0.4, 0.5) is 11.5 Å². The summed E-state index contributed by atoms with van der Waals surface area (Å²) in [6, 6.07) is 15.9. The molecule has 1 aliphatic rings. The van der Waals surface area contributed by atoms with Crippen LogP contribution in [0.1, 0.15) is 27.4 Å². The number of hydrogen-bond donors (Lipinski definition) is 1. The Morgan fingerprint density at radius 1 is 1.03 bits per heavy atom. The van der Waals surface area contributed by atoms with Crippen molar-refractivity contribution in [2.75, 3.05) is 36.5 Å². The zero-order valence-electron chi connectivity index (χ0n) is 17.1. The molecular weight excluding hydrogens is 364 g/mol. The quantitative estimate of drug-likeness (QED) is 0.734. The van der Waals surface area contributed by atoms with Crippen LogP contribution in [0.3, 0.4) is 0 Å². The highest BCUT2D eigenvalue weighted by molar-refractivity contribution is 6.05. The zero-order chi connectivity index (χ0) is 20.4. The van der Waals surface area contributed by atoms with Crippen LogP contribution in [0.2, 0.25) is 0 Å². The minimum Gasteiger partial charge on any atom is -0.378 e. The predicted molar refractivity (Wildman–Crippen MR) is 115 cm³/mol. The number of rotatable bonds is 4. The first kappa shape index (κ1) is 19.2. The lowest BCUT2D eigenvalue weighted by Gasteiger charge is -2.28. The Morgan fingerprint density at radius 3 is 2.45 bits per heavy atom. The minimum atomic E-state index is -0.121. The Balaban J connectivity index is 1.55. The van der Waals surface area contributed by atoms with Crippen molar-refractivity contribution in [3.63, 3.8) is 0 Å². The molecule has 6 heteroatoms. The fraction of sp³-hybridized carbons (Fsp3) is 0.304. The normalized spacial score (nSPS) is 14.1. The lowest BCUT2D eigenvalue weighted by molar-refractivity contribution is 0.102. The molecule has 0 saturated carbocycles. The maximum atomic E-state index is 13.0. The van der Waals surface area contributed by atoms with E-state index in [1.165, 1.54) is 0 Å². The van der Waals surface area contributed by atoms with Gasteiger partial charge in [0.15, 0.2) is 0 Å². The van der Waals surface area contributed by atoms with Gasteiger partial charge >= 0.3 is 0 Å². The van der Waals surface area contributed by atoms with Crippen LogP contribution in [0.25, 0.3) is 5.69 Å². The van der Waals surface area contributed by atoms with Crippen molar-refractivity contribution in [2.45, 2.75) is 20.8 Å². The van der Waals surface area contributed by atoms with Crippen LogP contribution in [-0.2, 0) is 4.74 Å². The Kier molecular flexibility index (Phi) is 5.36. The first-order valence-electron chi connectivity index (χ1n) is 9.90. The van der Waals surface area contributed by atoms with Crippen molar-refractivity contribution >= 4 is 17.4 Å². The Morgan fingerprint density at radius 2 is 1.76 bits per heavy atom. The van der Waals surface area contributed by atoms with Gasteiger partial charge in [-0.15, -0.1) is 0 Å². The Bertz CT molecular complexity index is 1020. The van der Waals surface area contributed by atoms with E-state index in [0.717, 1.165) is 60.6 Å². The molecule has 150 valence electrons. The Hall–Kier alpha value is -3.12. The molecule has 0 radical (unpaired) electrons. The predicted octanol–water partition coefficient (Wildman–Crippen LogP) is 3.89. The number of nitrogens with zero attached hydrogens (tertiary/aromatic N) is 3. The van der Waals surface area contributed by atoms with Crippen molar-refractivity contribution in [2.24, 2.45) is 0 Å². The third-order valence-electron chi connectivity index (χ3n) is 5.34. The first-order chi connectivity index (χ1) is 14.0. The molecule has 2 aromatic heterocycles. The second-order valence-corrected chi connectivity index (χ2v) is 7.31. The number of benzene rings is 1. The van der Waals surface area contributed by atoms with Crippen molar-refractivity contribution in [3.8, 4) is 5.69 Å². The molecule has 1 aliphatic heterocycles. The summed E-state index contributed by atoms with van der Waals surface area (Å²) < 4.78 is 7.50. The summed E-state index contributed by atoms with van der Waals surface area (Å²) in [5, 5.41) is 3.03. The monoisotopic (exact) mass is 390 g/mol. The Labute approximate surface area is 171 Å². The highest BCUT2D eigenvalue weighted by Crippen LogP contribution is 2.24. The molecule has 1 aromatic carbocycles. The van der Waals surface area contributed by atoms with Crippen molar-refractivity contribution in [1.82, 2.24) is 9.55 Å². The number of hydrogen-bond acceptors (Lipinski definition) is 4. The van der Waals surface area contributed by atoms with Crippen LogP contribution < -0.4 is 10.2 Å². The molecule has 0 bridgehead atoms. The number of carbonyl (C=O) groups is 1. The van der Waals surface area contributed by atoms with Crippen molar-refractivity contribution in [1.29, 1.82) is 0 Å². The first-order valence-corrected chi connectivity index (χ1v) is 9.90. The summed E-state index contributed by atoms with van der Waals surface area (Å²) in [5.41, 5.74) is 5.20. The van der Waals surface area contributed by atoms with Gasteiger partial charge in [-0.3, -0.25) is 4.79 Å². The van der Waals surface area contributed by atoms with Gasteiger partial charge in [-0.1, -0.05) is 18.2 Å². The molecule has 0 spiro atoms. The fourth-order valence-corrected chi connectivity index (χ4v) is 3.81. The summed E-state index contributed by atoms with van der Waals surface area (Å²) in [6.45, 7) is 9.02. The maximum Gasteiger partial charge on any atom is 0.257 e. The molecule has 1 fully saturated rings. The second-order valence-electron chi connectivity index (χ2n) is 7.31. The van der Waals surface area contributed by atoms with E-state index >= 15 is 0 Å². The number of morpholine rings is 1. The number of ether oxygens (including phenoxy) is 1. The van der Waals surface area contributed by atoms with Crippen LogP contribution in [-0.4, -0.2) is 41.8 Å². The fourth-order valence-electron chi connectivity index (χ4n) is 3.81. The van der Waals surface area contributed by atoms with E-state index in [2.05, 4.69) is 19.8 Å². The summed E-state index contributed by atoms with van der Waals surface area (Å²) in [4.78, 5) is 19.9. The standard InChI is InChI=1S/C23H26N4O2/c1-16-15-20(18(3)27(16)19-7-5-4-6-8-19)23(28)25-21-9-10-22(24-17(21)2)26-11-13-29-14-12-26/h4-10,15H,11-14H2,1-3H3,(H,25,28). The third-order valence-corrected chi connectivity index (χ3v) is 5.34. The number of pyridine rings is 1. The molecule has 0 unspecified atom stereocenters. The van der Waals surface area contributed by atoms with E-state index < -0.39 is 0 Å². The third kappa shape index (κ3) is 3.89. The van der Waals surface area contributed by atoms with Crippen LogP contribution in [0.15, 0.2) is 48.5 Å². The highest BCUT2D eigenvalue weighted by atomic mass is 16.5. The minimum absolute atomic E-state index is 0.121. The summed E-state index contributed by atoms with van der Waals surface area (Å²) in [6.07, 6.45) is 0. The van der Waals surface area contributed by atoms with Crippen LogP contribution >= 0.6 is 0 Å². The number of aryl methyl sites for hydroxylation is 2. The van der Waals surface area contributed by atoms with E-state index in [1.807, 2.05) is 69.3 Å². The number of para-hydroxylation sites is 1. The van der Waals surface area contributed by atoms with Crippen LogP contribution in [0, 0.1) is 20.8 Å². The number of carbonyl (C=O) groups excluding carboxylic acids is 1. The number of aromatic nitrogens is 2. The van der Waals surface area contributed by atoms with Gasteiger partial charge < -0.3 is 19.5 Å². The molecule has 3 aromatic rings. The highest BCUT2D eigenvalue weighted by Gasteiger charge is 2.18. The summed E-state index contributed by atoms with van der Waals surface area (Å²) >= 11 is 0. The maximum absolute atomic E-state index is 13.0. The molecule has 29 heavy (non-hydrogen) atoms. The molecule has 4 rings (SSSR count). The largest absolute Gasteiger partial charge is 0.378 e. The molecule has 1 saturated heterocycles. The van der Waals surface area contributed by atoms with E-state index in [4.69, 9.17) is 4.74 Å². The topological polar surface area (TPSA) is 59.4 Å². The van der Waals surface area contributed by atoms with Gasteiger partial charge in [0, 0.05) is 30.2 Å². The smallest absolute Gasteiger partial charge is 0.257 e. The SMILES string of the molecule is Cc1nc(N2CCOCC2)ccc1NC(=O)c1cc(C)n(-c2ccccc2)c1C. The van der Waals surface area contributed by atoms with E-state index in [9.17, 15) is 4.79 Å². The summed E-state index contributed by atoms with van der Waals surface area (Å²) in [7, 11) is 0. The average Bonchev–Trinajstić information content (AvgIpc) is 3.05. The average molecular weight is 390 g/mol. The number of anilines is 2. The van der Waals surface area contributed by atoms with Gasteiger partial charge in [-0.25, -0.2) is 4.98 Å². The van der Waals surface area contributed by atoms with Gasteiger partial charge in [0.2, 0.25) is 0 Å². The van der Waals surface area contributed by atoms with Gasteiger partial charge in [0.1, 0.15) is 5.82 Å². The van der Waals surface area contributed by atoms with Gasteiger partial charge in [-0.05, 0) is 51.1 Å². The van der Waals surface area contributed by atoms with E-state index in [0.29, 0.717) is 5.56 Å².